The lowest BCUT2D eigenvalue weighted by Gasteiger charge is -2.32. The highest BCUT2D eigenvalue weighted by atomic mass is 16.5. The second kappa shape index (κ2) is 4.46. The van der Waals surface area contributed by atoms with Gasteiger partial charge >= 0.3 is 0 Å². The van der Waals surface area contributed by atoms with Crippen LogP contribution in [0.5, 0.6) is 5.75 Å². The van der Waals surface area contributed by atoms with Crippen molar-refractivity contribution < 1.29 is 4.74 Å². The van der Waals surface area contributed by atoms with Gasteiger partial charge in [-0.05, 0) is 43.4 Å². The van der Waals surface area contributed by atoms with Crippen LogP contribution >= 0.6 is 0 Å². The van der Waals surface area contributed by atoms with Crippen LogP contribution in [0.4, 0.5) is 0 Å². The smallest absolute Gasteiger partial charge is 0.119 e. The van der Waals surface area contributed by atoms with Gasteiger partial charge in [0.25, 0.3) is 0 Å². The molecule has 0 radical (unpaired) electrons. The Hall–Kier alpha value is -1.02. The summed E-state index contributed by atoms with van der Waals surface area (Å²) in [6, 6.07) is 8.17. The molecule has 1 aromatic rings. The third-order valence-corrected chi connectivity index (χ3v) is 3.89. The molecular formula is C14H21NO. The fraction of sp³-hybridized carbons (Fsp3) is 0.571. The average Bonchev–Trinajstić information content (AvgIpc) is 2.83. The first-order chi connectivity index (χ1) is 7.64. The van der Waals surface area contributed by atoms with Crippen molar-refractivity contribution in [3.63, 3.8) is 0 Å². The molecule has 0 amide bonds. The van der Waals surface area contributed by atoms with Gasteiger partial charge in [0.05, 0.1) is 7.11 Å². The normalized spacial score (nSPS) is 20.7. The van der Waals surface area contributed by atoms with Crippen molar-refractivity contribution >= 4 is 0 Å². The molecule has 0 saturated heterocycles. The van der Waals surface area contributed by atoms with Gasteiger partial charge in [0.15, 0.2) is 0 Å². The van der Waals surface area contributed by atoms with Crippen molar-refractivity contribution in [3.8, 4) is 5.75 Å². The van der Waals surface area contributed by atoms with Crippen LogP contribution in [0.1, 0.15) is 38.2 Å². The van der Waals surface area contributed by atoms with Crippen LogP contribution < -0.4 is 10.5 Å². The predicted octanol–water partition coefficient (Wildman–Crippen LogP) is 3.06. The molecule has 88 valence electrons. The lowest BCUT2D eigenvalue weighted by molar-refractivity contribution is 0.305. The van der Waals surface area contributed by atoms with Crippen molar-refractivity contribution in [1.29, 1.82) is 0 Å². The summed E-state index contributed by atoms with van der Waals surface area (Å²) in [5.41, 5.74) is 7.49. The molecule has 2 nitrogen and oxygen atoms in total. The van der Waals surface area contributed by atoms with Crippen LogP contribution in [0.25, 0.3) is 0 Å². The van der Waals surface area contributed by atoms with Gasteiger partial charge in [0.2, 0.25) is 0 Å². The Morgan fingerprint density at radius 2 is 2.00 bits per heavy atom. The number of nitrogens with two attached hydrogens (primary N) is 1. The van der Waals surface area contributed by atoms with E-state index in [0.717, 1.165) is 5.75 Å². The first-order valence-corrected chi connectivity index (χ1v) is 6.08. The second-order valence-corrected chi connectivity index (χ2v) is 5.00. The summed E-state index contributed by atoms with van der Waals surface area (Å²) in [6.45, 7) is 2.15. The Kier molecular flexibility index (Phi) is 3.20. The quantitative estimate of drug-likeness (QED) is 0.848. The second-order valence-electron chi connectivity index (χ2n) is 5.00. The Bertz CT molecular complexity index is 354. The van der Waals surface area contributed by atoms with E-state index >= 15 is 0 Å². The minimum Gasteiger partial charge on any atom is -0.497 e. The summed E-state index contributed by atoms with van der Waals surface area (Å²) < 4.78 is 5.26. The molecule has 0 spiro atoms. The minimum atomic E-state index is -0.217. The SMILES string of the molecule is COc1cccc(C(C)(N)C2CCCC2)c1. The fourth-order valence-electron chi connectivity index (χ4n) is 2.72. The van der Waals surface area contributed by atoms with E-state index in [2.05, 4.69) is 19.1 Å². The first-order valence-electron chi connectivity index (χ1n) is 6.08. The molecule has 0 bridgehead atoms. The Morgan fingerprint density at radius 3 is 2.62 bits per heavy atom. The maximum Gasteiger partial charge on any atom is 0.119 e. The van der Waals surface area contributed by atoms with Gasteiger partial charge in [-0.25, -0.2) is 0 Å². The minimum absolute atomic E-state index is 0.217. The predicted molar refractivity (Wildman–Crippen MR) is 66.5 cm³/mol. The largest absolute Gasteiger partial charge is 0.497 e. The summed E-state index contributed by atoms with van der Waals surface area (Å²) in [4.78, 5) is 0. The maximum atomic E-state index is 6.51. The number of benzene rings is 1. The molecule has 1 fully saturated rings. The van der Waals surface area contributed by atoms with Crippen molar-refractivity contribution in [2.24, 2.45) is 11.7 Å². The van der Waals surface area contributed by atoms with Gasteiger partial charge in [-0.3, -0.25) is 0 Å². The number of methoxy groups -OCH3 is 1. The lowest BCUT2D eigenvalue weighted by Crippen LogP contribution is -2.40. The van der Waals surface area contributed by atoms with Crippen LogP contribution in [-0.4, -0.2) is 7.11 Å². The van der Waals surface area contributed by atoms with Crippen LogP contribution in [0.15, 0.2) is 24.3 Å². The van der Waals surface area contributed by atoms with E-state index in [4.69, 9.17) is 10.5 Å². The monoisotopic (exact) mass is 219 g/mol. The van der Waals surface area contributed by atoms with E-state index in [-0.39, 0.29) is 5.54 Å². The van der Waals surface area contributed by atoms with Gasteiger partial charge in [-0.15, -0.1) is 0 Å². The molecule has 0 aromatic heterocycles. The van der Waals surface area contributed by atoms with Crippen molar-refractivity contribution in [3.05, 3.63) is 29.8 Å². The first kappa shape index (κ1) is 11.5. The van der Waals surface area contributed by atoms with Crippen molar-refractivity contribution in [1.82, 2.24) is 0 Å². The molecule has 0 aliphatic heterocycles. The summed E-state index contributed by atoms with van der Waals surface area (Å²) in [5.74, 6) is 1.51. The zero-order valence-corrected chi connectivity index (χ0v) is 10.2. The highest BCUT2D eigenvalue weighted by molar-refractivity contribution is 5.33. The van der Waals surface area contributed by atoms with E-state index in [9.17, 15) is 0 Å². The number of rotatable bonds is 3. The van der Waals surface area contributed by atoms with Crippen LogP contribution in [-0.2, 0) is 5.54 Å². The molecule has 0 heterocycles. The molecule has 2 heteroatoms. The zero-order chi connectivity index (χ0) is 11.6. The topological polar surface area (TPSA) is 35.2 Å². The molecule has 2 N–H and O–H groups in total. The molecule has 2 rings (SSSR count). The molecule has 1 aliphatic carbocycles. The maximum absolute atomic E-state index is 6.51. The van der Waals surface area contributed by atoms with Gasteiger partial charge in [-0.1, -0.05) is 25.0 Å². The Balaban J connectivity index is 2.26. The van der Waals surface area contributed by atoms with Crippen molar-refractivity contribution in [2.45, 2.75) is 38.1 Å². The Morgan fingerprint density at radius 1 is 1.31 bits per heavy atom. The highest BCUT2D eigenvalue weighted by Crippen LogP contribution is 2.39. The van der Waals surface area contributed by atoms with Crippen LogP contribution in [0, 0.1) is 5.92 Å². The summed E-state index contributed by atoms with van der Waals surface area (Å²) in [6.07, 6.45) is 5.15. The van der Waals surface area contributed by atoms with E-state index in [1.807, 2.05) is 12.1 Å². The van der Waals surface area contributed by atoms with Gasteiger partial charge in [-0.2, -0.15) is 0 Å². The molecule has 1 unspecified atom stereocenters. The third-order valence-electron chi connectivity index (χ3n) is 3.89. The van der Waals surface area contributed by atoms with Crippen molar-refractivity contribution in [2.75, 3.05) is 7.11 Å². The molecule has 1 aliphatic rings. The fourth-order valence-corrected chi connectivity index (χ4v) is 2.72. The number of hydrogen-bond donors (Lipinski definition) is 1. The standard InChI is InChI=1S/C14H21NO/c1-14(15,11-6-3-4-7-11)12-8-5-9-13(10-12)16-2/h5,8-11H,3-4,6-7,15H2,1-2H3. The van der Waals surface area contributed by atoms with Gasteiger partial charge < -0.3 is 10.5 Å². The van der Waals surface area contributed by atoms with Gasteiger partial charge in [0, 0.05) is 5.54 Å². The molecule has 1 aromatic carbocycles. The average molecular weight is 219 g/mol. The highest BCUT2D eigenvalue weighted by Gasteiger charge is 2.33. The van der Waals surface area contributed by atoms with E-state index in [1.54, 1.807) is 7.11 Å². The summed E-state index contributed by atoms with van der Waals surface area (Å²) >= 11 is 0. The summed E-state index contributed by atoms with van der Waals surface area (Å²) in [7, 11) is 1.70. The summed E-state index contributed by atoms with van der Waals surface area (Å²) in [5, 5.41) is 0. The van der Waals surface area contributed by atoms with Gasteiger partial charge in [0.1, 0.15) is 5.75 Å². The number of hydrogen-bond acceptors (Lipinski definition) is 2. The van der Waals surface area contributed by atoms with E-state index < -0.39 is 0 Å². The molecule has 1 atom stereocenters. The Labute approximate surface area is 97.8 Å². The van der Waals surface area contributed by atoms with Crippen LogP contribution in [0.3, 0.4) is 0 Å². The molecule has 1 saturated carbocycles. The zero-order valence-electron chi connectivity index (χ0n) is 10.2. The lowest BCUT2D eigenvalue weighted by atomic mass is 9.79. The van der Waals surface area contributed by atoms with E-state index in [0.29, 0.717) is 5.92 Å². The third kappa shape index (κ3) is 2.07. The molecular weight excluding hydrogens is 198 g/mol. The number of ether oxygens (including phenoxy) is 1. The molecule has 16 heavy (non-hydrogen) atoms. The van der Waals surface area contributed by atoms with Crippen LogP contribution in [0.2, 0.25) is 0 Å². The van der Waals surface area contributed by atoms with E-state index in [1.165, 1.54) is 31.2 Å².